The largest absolute Gasteiger partial charge is 0.497 e. The first kappa shape index (κ1) is 18.9. The Morgan fingerprint density at radius 3 is 2.83 bits per heavy atom. The second-order valence-electron chi connectivity index (χ2n) is 6.41. The van der Waals surface area contributed by atoms with Gasteiger partial charge in [-0.15, -0.1) is 11.3 Å². The lowest BCUT2D eigenvalue weighted by Gasteiger charge is -2.10. The molecule has 146 valence electrons. The first-order valence-corrected chi connectivity index (χ1v) is 10.0. The lowest BCUT2D eigenvalue weighted by atomic mass is 10.1. The maximum absolute atomic E-state index is 13.2. The Kier molecular flexibility index (Phi) is 5.14. The minimum absolute atomic E-state index is 0.00375. The van der Waals surface area contributed by atoms with Gasteiger partial charge in [-0.05, 0) is 30.2 Å². The molecule has 0 radical (unpaired) electrons. The van der Waals surface area contributed by atoms with Crippen LogP contribution in [0.2, 0.25) is 0 Å². The monoisotopic (exact) mass is 405 g/mol. The quantitative estimate of drug-likeness (QED) is 0.539. The van der Waals surface area contributed by atoms with Crippen LogP contribution < -0.4 is 15.6 Å². The molecule has 0 fully saturated rings. The SMILES string of the molecule is CCc1ccccc1NC(=O)c1cnc2scc(-c3cccc(OC)c3)n2c1=O. The lowest BCUT2D eigenvalue weighted by molar-refractivity contribution is 0.102. The van der Waals surface area contributed by atoms with Crippen LogP contribution in [0.5, 0.6) is 5.75 Å². The van der Waals surface area contributed by atoms with E-state index < -0.39 is 11.5 Å². The van der Waals surface area contributed by atoms with E-state index in [9.17, 15) is 9.59 Å². The van der Waals surface area contributed by atoms with E-state index in [2.05, 4.69) is 10.3 Å². The van der Waals surface area contributed by atoms with Crippen molar-refractivity contribution in [3.63, 3.8) is 0 Å². The summed E-state index contributed by atoms with van der Waals surface area (Å²) in [5.74, 6) is 0.216. The van der Waals surface area contributed by atoms with Gasteiger partial charge in [0.15, 0.2) is 4.96 Å². The van der Waals surface area contributed by atoms with Crippen molar-refractivity contribution >= 4 is 27.9 Å². The average Bonchev–Trinajstić information content (AvgIpc) is 3.19. The Bertz CT molecular complexity index is 1260. The van der Waals surface area contributed by atoms with E-state index in [0.717, 1.165) is 17.5 Å². The smallest absolute Gasteiger partial charge is 0.271 e. The Morgan fingerprint density at radius 1 is 1.21 bits per heavy atom. The molecule has 6 nitrogen and oxygen atoms in total. The maximum atomic E-state index is 13.2. The molecule has 7 heteroatoms. The second kappa shape index (κ2) is 7.89. The molecule has 0 aliphatic heterocycles. The Labute approximate surface area is 171 Å². The summed E-state index contributed by atoms with van der Waals surface area (Å²) in [6, 6.07) is 15.0. The fraction of sp³-hybridized carbons (Fsp3) is 0.136. The van der Waals surface area contributed by atoms with Crippen molar-refractivity contribution in [2.45, 2.75) is 13.3 Å². The third-order valence-corrected chi connectivity index (χ3v) is 5.54. The molecule has 0 unspecified atom stereocenters. The van der Waals surface area contributed by atoms with E-state index >= 15 is 0 Å². The molecule has 2 heterocycles. The highest BCUT2D eigenvalue weighted by atomic mass is 32.1. The number of aromatic nitrogens is 2. The molecule has 0 aliphatic carbocycles. The number of nitrogens with one attached hydrogen (secondary N) is 1. The van der Waals surface area contributed by atoms with E-state index in [0.29, 0.717) is 22.1 Å². The minimum Gasteiger partial charge on any atom is -0.497 e. The number of ether oxygens (including phenoxy) is 1. The van der Waals surface area contributed by atoms with Crippen molar-refractivity contribution in [3.05, 3.63) is 81.6 Å². The lowest BCUT2D eigenvalue weighted by Crippen LogP contribution is -2.26. The number of anilines is 1. The highest BCUT2D eigenvalue weighted by Crippen LogP contribution is 2.27. The molecule has 29 heavy (non-hydrogen) atoms. The van der Waals surface area contributed by atoms with Gasteiger partial charge in [-0.2, -0.15) is 0 Å². The molecule has 0 saturated heterocycles. The van der Waals surface area contributed by atoms with Crippen LogP contribution in [0.4, 0.5) is 5.69 Å². The van der Waals surface area contributed by atoms with Crippen LogP contribution in [0.15, 0.2) is 64.9 Å². The topological polar surface area (TPSA) is 72.7 Å². The normalized spacial score (nSPS) is 10.8. The molecule has 0 spiro atoms. The summed E-state index contributed by atoms with van der Waals surface area (Å²) in [6.45, 7) is 2.01. The molecule has 0 atom stereocenters. The number of benzene rings is 2. The van der Waals surface area contributed by atoms with Crippen molar-refractivity contribution in [2.24, 2.45) is 0 Å². The number of hydrogen-bond acceptors (Lipinski definition) is 5. The predicted molar refractivity (Wildman–Crippen MR) is 115 cm³/mol. The standard InChI is InChI=1S/C22H19N3O3S/c1-3-14-7-4-5-10-18(14)24-20(26)17-12-23-22-25(21(17)27)19(13-29-22)15-8-6-9-16(11-15)28-2/h4-13H,3H2,1-2H3,(H,24,26). The van der Waals surface area contributed by atoms with E-state index in [4.69, 9.17) is 4.74 Å². The molecular weight excluding hydrogens is 386 g/mol. The van der Waals surface area contributed by atoms with Gasteiger partial charge in [-0.1, -0.05) is 37.3 Å². The summed E-state index contributed by atoms with van der Waals surface area (Å²) in [4.78, 5) is 30.8. The van der Waals surface area contributed by atoms with Crippen molar-refractivity contribution in [1.82, 2.24) is 9.38 Å². The van der Waals surface area contributed by atoms with Crippen molar-refractivity contribution in [2.75, 3.05) is 12.4 Å². The average molecular weight is 405 g/mol. The molecule has 2 aromatic carbocycles. The summed E-state index contributed by atoms with van der Waals surface area (Å²) in [6.07, 6.45) is 2.12. The highest BCUT2D eigenvalue weighted by Gasteiger charge is 2.18. The van der Waals surface area contributed by atoms with Crippen molar-refractivity contribution in [3.8, 4) is 17.0 Å². The van der Waals surface area contributed by atoms with E-state index in [1.54, 1.807) is 7.11 Å². The van der Waals surface area contributed by atoms with Gasteiger partial charge in [0, 0.05) is 22.8 Å². The number of rotatable bonds is 5. The zero-order valence-electron chi connectivity index (χ0n) is 16.0. The van der Waals surface area contributed by atoms with Crippen LogP contribution in [0, 0.1) is 0 Å². The molecule has 0 aliphatic rings. The number of hydrogen-bond donors (Lipinski definition) is 1. The van der Waals surface area contributed by atoms with Gasteiger partial charge in [0.25, 0.3) is 11.5 Å². The summed E-state index contributed by atoms with van der Waals surface area (Å²) < 4.78 is 6.75. The van der Waals surface area contributed by atoms with E-state index in [1.807, 2.05) is 60.8 Å². The van der Waals surface area contributed by atoms with E-state index in [1.165, 1.54) is 21.9 Å². The van der Waals surface area contributed by atoms with Gasteiger partial charge < -0.3 is 10.1 Å². The van der Waals surface area contributed by atoms with E-state index in [-0.39, 0.29) is 5.56 Å². The number of methoxy groups -OCH3 is 1. The number of aryl methyl sites for hydroxylation is 1. The van der Waals surface area contributed by atoms with Crippen molar-refractivity contribution < 1.29 is 9.53 Å². The first-order chi connectivity index (χ1) is 14.1. The Balaban J connectivity index is 1.78. The summed E-state index contributed by atoms with van der Waals surface area (Å²) >= 11 is 1.35. The van der Waals surface area contributed by atoms with Gasteiger partial charge in [0.05, 0.1) is 12.8 Å². The van der Waals surface area contributed by atoms with Crippen LogP contribution in [0.25, 0.3) is 16.2 Å². The molecular formula is C22H19N3O3S. The van der Waals surface area contributed by atoms with Crippen LogP contribution in [-0.2, 0) is 6.42 Å². The van der Waals surface area contributed by atoms with Gasteiger partial charge in [-0.25, -0.2) is 4.98 Å². The number of para-hydroxylation sites is 1. The third-order valence-electron chi connectivity index (χ3n) is 4.70. The van der Waals surface area contributed by atoms with Crippen LogP contribution >= 0.6 is 11.3 Å². The highest BCUT2D eigenvalue weighted by molar-refractivity contribution is 7.15. The molecule has 4 aromatic rings. The number of thiazole rings is 1. The number of nitrogens with zero attached hydrogens (tertiary/aromatic N) is 2. The van der Waals surface area contributed by atoms with Gasteiger partial charge in [0.1, 0.15) is 11.3 Å². The van der Waals surface area contributed by atoms with Gasteiger partial charge in [0.2, 0.25) is 0 Å². The fourth-order valence-electron chi connectivity index (χ4n) is 3.17. The number of carbonyl (C=O) groups excluding carboxylic acids is 1. The van der Waals surface area contributed by atoms with Crippen LogP contribution in [0.1, 0.15) is 22.8 Å². The summed E-state index contributed by atoms with van der Waals surface area (Å²) in [7, 11) is 1.59. The summed E-state index contributed by atoms with van der Waals surface area (Å²) in [5.41, 5.74) is 2.78. The van der Waals surface area contributed by atoms with Gasteiger partial charge >= 0.3 is 0 Å². The fourth-order valence-corrected chi connectivity index (χ4v) is 4.03. The number of carbonyl (C=O) groups is 1. The second-order valence-corrected chi connectivity index (χ2v) is 7.25. The molecule has 2 aromatic heterocycles. The zero-order chi connectivity index (χ0) is 20.4. The van der Waals surface area contributed by atoms with Gasteiger partial charge in [-0.3, -0.25) is 14.0 Å². The third kappa shape index (κ3) is 3.52. The zero-order valence-corrected chi connectivity index (χ0v) is 16.8. The Hall–Kier alpha value is -3.45. The maximum Gasteiger partial charge on any atom is 0.271 e. The number of amides is 1. The first-order valence-electron chi connectivity index (χ1n) is 9.15. The predicted octanol–water partition coefficient (Wildman–Crippen LogP) is 4.25. The summed E-state index contributed by atoms with van der Waals surface area (Å²) in [5, 5.41) is 4.70. The molecule has 4 rings (SSSR count). The molecule has 0 saturated carbocycles. The van der Waals surface area contributed by atoms with Crippen LogP contribution in [0.3, 0.4) is 0 Å². The minimum atomic E-state index is -0.472. The Morgan fingerprint density at radius 2 is 2.03 bits per heavy atom. The van der Waals surface area contributed by atoms with Crippen molar-refractivity contribution in [1.29, 1.82) is 0 Å². The van der Waals surface area contributed by atoms with Crippen LogP contribution in [-0.4, -0.2) is 22.4 Å². The number of fused-ring (bicyclic) bond motifs is 1. The molecule has 0 bridgehead atoms. The molecule has 1 N–H and O–H groups in total. The molecule has 1 amide bonds.